The Morgan fingerprint density at radius 2 is 2.00 bits per heavy atom. The van der Waals surface area contributed by atoms with Gasteiger partial charge in [0.1, 0.15) is 5.58 Å². The number of benzene rings is 2. The standard InChI is InChI=1S/C26H25ClN2O2/c1-16-6-8-22-20(12-16)19-4-2-5-23-25(19)29(22)11-3-10-28(23)14-17-15-31-24-9-7-18(27)13-21(24)26(17)30/h6-9,12-13,15,23H,2-5,10-11,14H2,1H3/t23-/m1/s1. The van der Waals surface area contributed by atoms with Crippen molar-refractivity contribution >= 4 is 33.5 Å². The Bertz CT molecular complexity index is 1380. The Hall–Kier alpha value is -2.56. The molecule has 0 saturated heterocycles. The minimum Gasteiger partial charge on any atom is -0.464 e. The molecule has 0 unspecified atom stereocenters. The van der Waals surface area contributed by atoms with Crippen LogP contribution in [0.25, 0.3) is 21.9 Å². The van der Waals surface area contributed by atoms with Gasteiger partial charge in [-0.2, -0.15) is 0 Å². The third-order valence-corrected chi connectivity index (χ3v) is 7.27. The summed E-state index contributed by atoms with van der Waals surface area (Å²) < 4.78 is 8.35. The zero-order valence-corrected chi connectivity index (χ0v) is 18.4. The number of hydrogen-bond donors (Lipinski definition) is 0. The van der Waals surface area contributed by atoms with Gasteiger partial charge in [-0.1, -0.05) is 23.2 Å². The first-order chi connectivity index (χ1) is 15.1. The zero-order valence-electron chi connectivity index (χ0n) is 17.7. The predicted molar refractivity (Wildman–Crippen MR) is 125 cm³/mol. The summed E-state index contributed by atoms with van der Waals surface area (Å²) in [5.74, 6) is 0. The van der Waals surface area contributed by atoms with Crippen molar-refractivity contribution in [2.75, 3.05) is 6.54 Å². The van der Waals surface area contributed by atoms with Crippen LogP contribution in [-0.2, 0) is 19.5 Å². The normalized spacial score (nSPS) is 19.0. The second-order valence-electron chi connectivity index (χ2n) is 9.00. The second kappa shape index (κ2) is 7.25. The third-order valence-electron chi connectivity index (χ3n) is 7.04. The number of halogens is 1. The van der Waals surface area contributed by atoms with Crippen molar-refractivity contribution in [1.29, 1.82) is 0 Å². The third kappa shape index (κ3) is 3.04. The van der Waals surface area contributed by atoms with Crippen LogP contribution in [0.15, 0.2) is 51.9 Å². The van der Waals surface area contributed by atoms with Crippen molar-refractivity contribution in [2.45, 2.75) is 51.7 Å². The first-order valence-corrected chi connectivity index (χ1v) is 11.5. The van der Waals surface area contributed by atoms with Crippen LogP contribution in [0.2, 0.25) is 5.02 Å². The Balaban J connectivity index is 1.44. The number of aryl methyl sites for hydroxylation is 3. The van der Waals surface area contributed by atoms with Crippen molar-refractivity contribution in [3.05, 3.63) is 80.3 Å². The summed E-state index contributed by atoms with van der Waals surface area (Å²) >= 11 is 6.14. The van der Waals surface area contributed by atoms with Gasteiger partial charge in [0.05, 0.1) is 17.7 Å². The van der Waals surface area contributed by atoms with Crippen molar-refractivity contribution in [3.63, 3.8) is 0 Å². The zero-order chi connectivity index (χ0) is 21.1. The van der Waals surface area contributed by atoms with Crippen LogP contribution in [0.1, 0.15) is 47.7 Å². The summed E-state index contributed by atoms with van der Waals surface area (Å²) in [5, 5.41) is 2.54. The molecule has 4 nitrogen and oxygen atoms in total. The minimum atomic E-state index is 0.0280. The molecule has 2 aliphatic rings. The summed E-state index contributed by atoms with van der Waals surface area (Å²) in [4.78, 5) is 15.7. The summed E-state index contributed by atoms with van der Waals surface area (Å²) in [6.45, 7) is 4.79. The molecule has 0 spiro atoms. The van der Waals surface area contributed by atoms with Crippen LogP contribution in [0.5, 0.6) is 0 Å². The number of aromatic nitrogens is 1. The van der Waals surface area contributed by atoms with E-state index in [0.717, 1.165) is 32.4 Å². The molecule has 0 radical (unpaired) electrons. The summed E-state index contributed by atoms with van der Waals surface area (Å²) in [5.41, 5.74) is 6.99. The molecule has 2 aromatic heterocycles. The maximum absolute atomic E-state index is 13.2. The first kappa shape index (κ1) is 19.1. The lowest BCUT2D eigenvalue weighted by Gasteiger charge is -2.33. The van der Waals surface area contributed by atoms with Crippen LogP contribution >= 0.6 is 11.6 Å². The number of nitrogens with zero attached hydrogens (tertiary/aromatic N) is 2. The fourth-order valence-electron chi connectivity index (χ4n) is 5.66. The fourth-order valence-corrected chi connectivity index (χ4v) is 5.83. The topological polar surface area (TPSA) is 38.4 Å². The Morgan fingerprint density at radius 1 is 1.10 bits per heavy atom. The summed E-state index contributed by atoms with van der Waals surface area (Å²) in [6, 6.07) is 12.4. The van der Waals surface area contributed by atoms with Gasteiger partial charge in [-0.25, -0.2) is 0 Å². The van der Waals surface area contributed by atoms with Gasteiger partial charge in [-0.05, 0) is 68.5 Å². The first-order valence-electron chi connectivity index (χ1n) is 11.2. The van der Waals surface area contributed by atoms with E-state index in [1.807, 2.05) is 0 Å². The highest BCUT2D eigenvalue weighted by Crippen LogP contribution is 2.42. The van der Waals surface area contributed by atoms with Gasteiger partial charge < -0.3 is 8.98 Å². The van der Waals surface area contributed by atoms with Crippen molar-refractivity contribution < 1.29 is 4.42 Å². The Labute approximate surface area is 186 Å². The highest BCUT2D eigenvalue weighted by molar-refractivity contribution is 6.31. The molecule has 2 aromatic carbocycles. The van der Waals surface area contributed by atoms with Gasteiger partial charge >= 0.3 is 0 Å². The average molecular weight is 433 g/mol. The molecule has 6 rings (SSSR count). The molecule has 5 heteroatoms. The fraction of sp³-hybridized carbons (Fsp3) is 0.346. The summed E-state index contributed by atoms with van der Waals surface area (Å²) in [6.07, 6.45) is 6.18. The molecule has 158 valence electrons. The smallest absolute Gasteiger partial charge is 0.197 e. The van der Waals surface area contributed by atoms with E-state index in [4.69, 9.17) is 16.0 Å². The predicted octanol–water partition coefficient (Wildman–Crippen LogP) is 5.99. The monoisotopic (exact) mass is 432 g/mol. The van der Waals surface area contributed by atoms with Crippen molar-refractivity contribution in [2.24, 2.45) is 0 Å². The molecular weight excluding hydrogens is 408 g/mol. The van der Waals surface area contributed by atoms with E-state index < -0.39 is 0 Å². The van der Waals surface area contributed by atoms with Crippen molar-refractivity contribution in [1.82, 2.24) is 9.47 Å². The van der Waals surface area contributed by atoms with E-state index in [2.05, 4.69) is 34.6 Å². The molecule has 1 atom stereocenters. The molecule has 4 aromatic rings. The van der Waals surface area contributed by atoms with E-state index in [1.165, 1.54) is 34.1 Å². The minimum absolute atomic E-state index is 0.0280. The summed E-state index contributed by atoms with van der Waals surface area (Å²) in [7, 11) is 0. The highest BCUT2D eigenvalue weighted by atomic mass is 35.5. The lowest BCUT2D eigenvalue weighted by atomic mass is 9.90. The molecule has 0 N–H and O–H groups in total. The van der Waals surface area contributed by atoms with Crippen LogP contribution in [0.4, 0.5) is 0 Å². The van der Waals surface area contributed by atoms with Gasteiger partial charge in [0.15, 0.2) is 5.43 Å². The van der Waals surface area contributed by atoms with Gasteiger partial charge in [0.2, 0.25) is 0 Å². The molecular formula is C26H25ClN2O2. The van der Waals surface area contributed by atoms with E-state index in [0.29, 0.717) is 34.1 Å². The molecule has 1 aliphatic heterocycles. The van der Waals surface area contributed by atoms with Gasteiger partial charge in [0, 0.05) is 46.8 Å². The number of rotatable bonds is 2. The highest BCUT2D eigenvalue weighted by Gasteiger charge is 2.33. The quantitative estimate of drug-likeness (QED) is 0.390. The molecule has 3 heterocycles. The van der Waals surface area contributed by atoms with Crippen molar-refractivity contribution in [3.8, 4) is 0 Å². The van der Waals surface area contributed by atoms with E-state index in [9.17, 15) is 4.79 Å². The maximum atomic E-state index is 13.2. The molecule has 0 amide bonds. The van der Waals surface area contributed by atoms with Crippen LogP contribution in [-0.4, -0.2) is 16.0 Å². The number of hydrogen-bond acceptors (Lipinski definition) is 3. The van der Waals surface area contributed by atoms with Crippen LogP contribution in [0.3, 0.4) is 0 Å². The van der Waals surface area contributed by atoms with E-state index in [1.54, 1.807) is 24.5 Å². The number of fused-ring (bicyclic) bond motifs is 4. The Kier molecular flexibility index (Phi) is 4.48. The van der Waals surface area contributed by atoms with Crippen LogP contribution < -0.4 is 5.43 Å². The van der Waals surface area contributed by atoms with Crippen LogP contribution in [0, 0.1) is 6.92 Å². The molecule has 31 heavy (non-hydrogen) atoms. The SMILES string of the molecule is Cc1ccc2c(c1)c1c3n2CCCN(Cc2coc4ccc(Cl)cc4c2=O)[C@@H]3CCC1. The van der Waals surface area contributed by atoms with E-state index >= 15 is 0 Å². The lowest BCUT2D eigenvalue weighted by molar-refractivity contribution is 0.172. The molecule has 0 saturated carbocycles. The largest absolute Gasteiger partial charge is 0.464 e. The average Bonchev–Trinajstić information content (AvgIpc) is 2.95. The van der Waals surface area contributed by atoms with Gasteiger partial charge in [0.25, 0.3) is 0 Å². The second-order valence-corrected chi connectivity index (χ2v) is 9.44. The molecule has 0 fully saturated rings. The van der Waals surface area contributed by atoms with Gasteiger partial charge in [-0.15, -0.1) is 0 Å². The Morgan fingerprint density at radius 3 is 2.90 bits per heavy atom. The molecule has 0 bridgehead atoms. The molecule has 1 aliphatic carbocycles. The maximum Gasteiger partial charge on any atom is 0.197 e. The van der Waals surface area contributed by atoms with Gasteiger partial charge in [-0.3, -0.25) is 9.69 Å². The van der Waals surface area contributed by atoms with E-state index in [-0.39, 0.29) is 5.43 Å². The lowest BCUT2D eigenvalue weighted by Crippen LogP contribution is -2.32.